The van der Waals surface area contributed by atoms with Crippen molar-refractivity contribution in [1.29, 1.82) is 0 Å². The highest BCUT2D eigenvalue weighted by atomic mass is 16.5. The summed E-state index contributed by atoms with van der Waals surface area (Å²) in [5.74, 6) is -0.249. The minimum absolute atomic E-state index is 0.165. The monoisotopic (exact) mass is 399 g/mol. The van der Waals surface area contributed by atoms with Crippen molar-refractivity contribution in [3.05, 3.63) is 108 Å². The molecule has 1 heterocycles. The van der Waals surface area contributed by atoms with Crippen LogP contribution in [-0.2, 0) is 13.2 Å². The van der Waals surface area contributed by atoms with E-state index < -0.39 is 5.97 Å². The van der Waals surface area contributed by atoms with Crippen molar-refractivity contribution in [1.82, 2.24) is 9.55 Å². The Kier molecular flexibility index (Phi) is 5.75. The summed E-state index contributed by atoms with van der Waals surface area (Å²) in [5.41, 5.74) is 2.44. The summed E-state index contributed by atoms with van der Waals surface area (Å²) in [5, 5.41) is 11.2. The highest BCUT2D eigenvalue weighted by Gasteiger charge is 2.15. The molecule has 0 aliphatic heterocycles. The molecule has 0 N–H and O–H groups in total. The van der Waals surface area contributed by atoms with Gasteiger partial charge >= 0.3 is 0 Å². The number of aromatic carboxylic acids is 1. The molecule has 4 rings (SSSR count). The molecule has 0 fully saturated rings. The zero-order valence-corrected chi connectivity index (χ0v) is 16.1. The number of hydrogen-bond donors (Lipinski definition) is 0. The van der Waals surface area contributed by atoms with Crippen LogP contribution in [0.1, 0.15) is 21.6 Å². The minimum Gasteiger partial charge on any atom is -0.543 e. The lowest BCUT2D eigenvalue weighted by Gasteiger charge is -2.17. The van der Waals surface area contributed by atoms with E-state index in [1.165, 1.54) is 12.5 Å². The smallest absolute Gasteiger partial charge is 0.147 e. The van der Waals surface area contributed by atoms with Gasteiger partial charge in [-0.15, -0.1) is 0 Å². The molecule has 0 aliphatic carbocycles. The lowest BCUT2D eigenvalue weighted by atomic mass is 10.2. The molecule has 0 spiro atoms. The van der Waals surface area contributed by atoms with Crippen LogP contribution in [0.3, 0.4) is 0 Å². The first-order valence-electron chi connectivity index (χ1n) is 9.43. The molecule has 0 atom stereocenters. The molecule has 0 saturated heterocycles. The van der Waals surface area contributed by atoms with Gasteiger partial charge in [0.25, 0.3) is 0 Å². The average molecular weight is 399 g/mol. The molecule has 0 bridgehead atoms. The van der Waals surface area contributed by atoms with Gasteiger partial charge in [0.2, 0.25) is 0 Å². The predicted molar refractivity (Wildman–Crippen MR) is 109 cm³/mol. The SMILES string of the molecule is O=C([O-])c1cn(-c2c(OCc3ccccc3)cccc2OCc2ccccc2)cn1. The zero-order valence-electron chi connectivity index (χ0n) is 16.1. The molecule has 3 aromatic carbocycles. The highest BCUT2D eigenvalue weighted by Crippen LogP contribution is 2.34. The summed E-state index contributed by atoms with van der Waals surface area (Å²) in [4.78, 5) is 15.1. The van der Waals surface area contributed by atoms with Crippen molar-refractivity contribution in [2.75, 3.05) is 0 Å². The van der Waals surface area contributed by atoms with Gasteiger partial charge < -0.3 is 19.4 Å². The van der Waals surface area contributed by atoms with E-state index >= 15 is 0 Å². The fourth-order valence-electron chi connectivity index (χ4n) is 3.01. The number of hydrogen-bond acceptors (Lipinski definition) is 5. The van der Waals surface area contributed by atoms with Crippen molar-refractivity contribution in [2.24, 2.45) is 0 Å². The van der Waals surface area contributed by atoms with Crippen LogP contribution in [0.2, 0.25) is 0 Å². The number of benzene rings is 3. The van der Waals surface area contributed by atoms with Gasteiger partial charge in [0, 0.05) is 6.20 Å². The molecule has 150 valence electrons. The predicted octanol–water partition coefficient (Wildman–Crippen LogP) is 3.39. The van der Waals surface area contributed by atoms with E-state index in [4.69, 9.17) is 9.47 Å². The lowest BCUT2D eigenvalue weighted by Crippen LogP contribution is -2.22. The van der Waals surface area contributed by atoms with Crippen molar-refractivity contribution < 1.29 is 19.4 Å². The summed E-state index contributed by atoms with van der Waals surface area (Å²) in [6.07, 6.45) is 2.79. The van der Waals surface area contributed by atoms with Crippen LogP contribution >= 0.6 is 0 Å². The Labute approximate surface area is 174 Å². The molecule has 0 aliphatic rings. The van der Waals surface area contributed by atoms with E-state index in [9.17, 15) is 9.90 Å². The number of rotatable bonds is 8. The Bertz CT molecular complexity index is 1060. The Morgan fingerprint density at radius 2 is 1.33 bits per heavy atom. The Balaban J connectivity index is 1.66. The van der Waals surface area contributed by atoms with Gasteiger partial charge in [-0.25, -0.2) is 4.98 Å². The summed E-state index contributed by atoms with van der Waals surface area (Å²) in [6, 6.07) is 25.0. The quantitative estimate of drug-likeness (QED) is 0.454. The van der Waals surface area contributed by atoms with E-state index in [0.717, 1.165) is 11.1 Å². The molecule has 4 aromatic rings. The van der Waals surface area contributed by atoms with Gasteiger partial charge in [-0.3, -0.25) is 4.57 Å². The summed E-state index contributed by atoms with van der Waals surface area (Å²) < 4.78 is 13.7. The molecule has 1 aromatic heterocycles. The summed E-state index contributed by atoms with van der Waals surface area (Å²) in [7, 11) is 0. The van der Waals surface area contributed by atoms with Crippen molar-refractivity contribution >= 4 is 5.97 Å². The van der Waals surface area contributed by atoms with E-state index in [0.29, 0.717) is 30.4 Å². The number of carboxylic acids is 1. The minimum atomic E-state index is -1.34. The number of nitrogens with zero attached hydrogens (tertiary/aromatic N) is 2. The fourth-order valence-corrected chi connectivity index (χ4v) is 3.01. The molecule has 0 saturated carbocycles. The molecule has 6 nitrogen and oxygen atoms in total. The molecule has 0 unspecified atom stereocenters. The third kappa shape index (κ3) is 4.50. The molecular weight excluding hydrogens is 380 g/mol. The van der Waals surface area contributed by atoms with Gasteiger partial charge in [0.1, 0.15) is 42.4 Å². The topological polar surface area (TPSA) is 76.4 Å². The van der Waals surface area contributed by atoms with Crippen LogP contribution in [-0.4, -0.2) is 15.5 Å². The molecule has 0 amide bonds. The van der Waals surface area contributed by atoms with Gasteiger partial charge in [-0.05, 0) is 23.3 Å². The summed E-state index contributed by atoms with van der Waals surface area (Å²) >= 11 is 0. The van der Waals surface area contributed by atoms with Crippen LogP contribution in [0.15, 0.2) is 91.4 Å². The lowest BCUT2D eigenvalue weighted by molar-refractivity contribution is -0.255. The van der Waals surface area contributed by atoms with Gasteiger partial charge in [0.15, 0.2) is 0 Å². The maximum atomic E-state index is 11.2. The number of carbonyl (C=O) groups is 1. The van der Waals surface area contributed by atoms with Gasteiger partial charge in [0.05, 0.1) is 5.97 Å². The Hall–Kier alpha value is -4.06. The standard InChI is InChI=1S/C24H20N2O4/c27-24(28)20-14-26(17-25-20)23-21(29-15-18-8-3-1-4-9-18)12-7-13-22(23)30-16-19-10-5-2-6-11-19/h1-14,17H,15-16H2,(H,27,28)/p-1. The van der Waals surface area contributed by atoms with E-state index in [1.54, 1.807) is 4.57 Å². The maximum absolute atomic E-state index is 11.2. The van der Waals surface area contributed by atoms with Crippen molar-refractivity contribution in [3.8, 4) is 17.2 Å². The third-order valence-electron chi connectivity index (χ3n) is 4.49. The van der Waals surface area contributed by atoms with Crippen LogP contribution in [0, 0.1) is 0 Å². The van der Waals surface area contributed by atoms with Crippen molar-refractivity contribution in [2.45, 2.75) is 13.2 Å². The van der Waals surface area contributed by atoms with Crippen LogP contribution < -0.4 is 14.6 Å². The molecule has 6 heteroatoms. The van der Waals surface area contributed by atoms with Crippen LogP contribution in [0.25, 0.3) is 5.69 Å². The van der Waals surface area contributed by atoms with Crippen LogP contribution in [0.5, 0.6) is 11.5 Å². The first-order chi connectivity index (χ1) is 14.7. The average Bonchev–Trinajstić information content (AvgIpc) is 3.28. The number of para-hydroxylation sites is 1. The van der Waals surface area contributed by atoms with Crippen LogP contribution in [0.4, 0.5) is 0 Å². The first-order valence-corrected chi connectivity index (χ1v) is 9.43. The van der Waals surface area contributed by atoms with E-state index in [2.05, 4.69) is 4.98 Å². The van der Waals surface area contributed by atoms with E-state index in [-0.39, 0.29) is 5.69 Å². The van der Waals surface area contributed by atoms with Gasteiger partial charge in [-0.2, -0.15) is 0 Å². The summed E-state index contributed by atoms with van der Waals surface area (Å²) in [6.45, 7) is 0.718. The first kappa shape index (κ1) is 19.3. The molecule has 0 radical (unpaired) electrons. The number of carbonyl (C=O) groups excluding carboxylic acids is 1. The second-order valence-corrected chi connectivity index (χ2v) is 6.61. The number of ether oxygens (including phenoxy) is 2. The normalized spacial score (nSPS) is 10.5. The number of carboxylic acid groups (broad SMARTS) is 1. The number of aromatic nitrogens is 2. The second-order valence-electron chi connectivity index (χ2n) is 6.61. The molecular formula is C24H19N2O4-. The number of imidazole rings is 1. The maximum Gasteiger partial charge on any atom is 0.147 e. The fraction of sp³-hybridized carbons (Fsp3) is 0.0833. The zero-order chi connectivity index (χ0) is 20.8. The Morgan fingerprint density at radius 3 is 1.80 bits per heavy atom. The Morgan fingerprint density at radius 1 is 0.800 bits per heavy atom. The molecule has 30 heavy (non-hydrogen) atoms. The van der Waals surface area contributed by atoms with Crippen molar-refractivity contribution in [3.63, 3.8) is 0 Å². The third-order valence-corrected chi connectivity index (χ3v) is 4.49. The van der Waals surface area contributed by atoms with Gasteiger partial charge in [-0.1, -0.05) is 66.7 Å². The largest absolute Gasteiger partial charge is 0.543 e. The second kappa shape index (κ2) is 8.96. The van der Waals surface area contributed by atoms with E-state index in [1.807, 2.05) is 78.9 Å². The highest BCUT2D eigenvalue weighted by molar-refractivity contribution is 5.83.